The quantitative estimate of drug-likeness (QED) is 0.778. The fraction of sp³-hybridized carbons (Fsp3) is 0.263. The summed E-state index contributed by atoms with van der Waals surface area (Å²) in [5, 5.41) is 6.22. The van der Waals surface area contributed by atoms with E-state index in [0.717, 1.165) is 5.56 Å². The van der Waals surface area contributed by atoms with E-state index in [2.05, 4.69) is 10.6 Å². The molecule has 2 amide bonds. The molecule has 0 bridgehead atoms. The number of halogens is 1. The van der Waals surface area contributed by atoms with Gasteiger partial charge >= 0.3 is 0 Å². The Bertz CT molecular complexity index is 803. The summed E-state index contributed by atoms with van der Waals surface area (Å²) >= 11 is 6.10. The zero-order valence-electron chi connectivity index (χ0n) is 13.8. The number of methoxy groups -OCH3 is 1. The van der Waals surface area contributed by atoms with Crippen LogP contribution in [0, 0.1) is 5.41 Å². The number of nitrogens with one attached hydrogen (secondary N) is 2. The van der Waals surface area contributed by atoms with Crippen LogP contribution in [0.3, 0.4) is 0 Å². The number of hydrogen-bond acceptors (Lipinski definition) is 3. The number of amides is 2. The summed E-state index contributed by atoms with van der Waals surface area (Å²) in [5.41, 5.74) is 0.362. The summed E-state index contributed by atoms with van der Waals surface area (Å²) in [7, 11) is 1.54. The average molecular weight is 359 g/mol. The monoisotopic (exact) mass is 358 g/mol. The first kappa shape index (κ1) is 17.3. The predicted molar refractivity (Wildman–Crippen MR) is 96.6 cm³/mol. The molecule has 2 N–H and O–H groups in total. The molecular weight excluding hydrogens is 340 g/mol. The van der Waals surface area contributed by atoms with Crippen molar-refractivity contribution in [1.82, 2.24) is 5.32 Å². The average Bonchev–Trinajstić information content (AvgIpc) is 3.43. The molecule has 6 heteroatoms. The van der Waals surface area contributed by atoms with Crippen molar-refractivity contribution in [1.29, 1.82) is 0 Å². The number of para-hydroxylation sites is 2. The Morgan fingerprint density at radius 3 is 2.44 bits per heavy atom. The van der Waals surface area contributed by atoms with Gasteiger partial charge in [-0.1, -0.05) is 41.9 Å². The minimum atomic E-state index is -1.01. The smallest absolute Gasteiger partial charge is 0.240 e. The van der Waals surface area contributed by atoms with Gasteiger partial charge < -0.3 is 15.4 Å². The van der Waals surface area contributed by atoms with Crippen molar-refractivity contribution in [2.75, 3.05) is 12.4 Å². The molecule has 1 aliphatic carbocycles. The van der Waals surface area contributed by atoms with Gasteiger partial charge in [-0.2, -0.15) is 0 Å². The fourth-order valence-corrected chi connectivity index (χ4v) is 2.86. The van der Waals surface area contributed by atoms with Gasteiger partial charge in [0.25, 0.3) is 0 Å². The number of anilines is 1. The highest BCUT2D eigenvalue weighted by Crippen LogP contribution is 2.47. The molecule has 0 heterocycles. The molecular formula is C19H19ClN2O3. The lowest BCUT2D eigenvalue weighted by Crippen LogP contribution is -2.39. The Balaban J connectivity index is 1.66. The largest absolute Gasteiger partial charge is 0.495 e. The van der Waals surface area contributed by atoms with Crippen molar-refractivity contribution < 1.29 is 14.3 Å². The Morgan fingerprint density at radius 1 is 1.08 bits per heavy atom. The van der Waals surface area contributed by atoms with Gasteiger partial charge in [-0.05, 0) is 36.6 Å². The topological polar surface area (TPSA) is 67.4 Å². The van der Waals surface area contributed by atoms with Gasteiger partial charge in [-0.15, -0.1) is 0 Å². The Kier molecular flexibility index (Phi) is 4.95. The molecule has 25 heavy (non-hydrogen) atoms. The highest BCUT2D eigenvalue weighted by Gasteiger charge is 2.56. The molecule has 0 radical (unpaired) electrons. The van der Waals surface area contributed by atoms with Crippen molar-refractivity contribution in [2.24, 2.45) is 5.41 Å². The van der Waals surface area contributed by atoms with Crippen molar-refractivity contribution in [3.05, 3.63) is 59.1 Å². The predicted octanol–water partition coefficient (Wildman–Crippen LogP) is 3.38. The molecule has 1 fully saturated rings. The van der Waals surface area contributed by atoms with Crippen LogP contribution in [-0.4, -0.2) is 18.9 Å². The van der Waals surface area contributed by atoms with Crippen LogP contribution in [0.25, 0.3) is 0 Å². The number of benzene rings is 2. The molecule has 1 saturated carbocycles. The SMILES string of the molecule is COc1ccccc1NC(=O)C1(C(=O)NCc2ccccc2Cl)CC1. The van der Waals surface area contributed by atoms with Crippen LogP contribution >= 0.6 is 11.6 Å². The molecule has 1 aliphatic rings. The molecule has 0 unspecified atom stereocenters. The summed E-state index contributed by atoms with van der Waals surface area (Å²) in [4.78, 5) is 25.2. The number of rotatable bonds is 6. The molecule has 2 aromatic rings. The van der Waals surface area contributed by atoms with E-state index in [-0.39, 0.29) is 11.8 Å². The zero-order chi connectivity index (χ0) is 17.9. The highest BCUT2D eigenvalue weighted by atomic mass is 35.5. The molecule has 130 valence electrons. The second kappa shape index (κ2) is 7.15. The van der Waals surface area contributed by atoms with Crippen LogP contribution in [-0.2, 0) is 16.1 Å². The summed E-state index contributed by atoms with van der Waals surface area (Å²) in [6.07, 6.45) is 1.06. The Labute approximate surface area is 151 Å². The maximum absolute atomic E-state index is 12.6. The van der Waals surface area contributed by atoms with E-state index in [1.807, 2.05) is 24.3 Å². The van der Waals surface area contributed by atoms with E-state index < -0.39 is 5.41 Å². The third-order valence-corrected chi connectivity index (χ3v) is 4.74. The van der Waals surface area contributed by atoms with Crippen LogP contribution in [0.2, 0.25) is 5.02 Å². The van der Waals surface area contributed by atoms with Crippen LogP contribution < -0.4 is 15.4 Å². The van der Waals surface area contributed by atoms with Gasteiger partial charge in [0.1, 0.15) is 11.2 Å². The van der Waals surface area contributed by atoms with E-state index >= 15 is 0 Å². The van der Waals surface area contributed by atoms with Crippen LogP contribution in [0.1, 0.15) is 18.4 Å². The van der Waals surface area contributed by atoms with E-state index in [0.29, 0.717) is 35.8 Å². The highest BCUT2D eigenvalue weighted by molar-refractivity contribution is 6.31. The minimum absolute atomic E-state index is 0.278. The molecule has 3 rings (SSSR count). The normalized spacial score (nSPS) is 14.5. The van der Waals surface area contributed by atoms with Gasteiger partial charge in [0.2, 0.25) is 11.8 Å². The fourth-order valence-electron chi connectivity index (χ4n) is 2.66. The molecule has 0 spiro atoms. The van der Waals surface area contributed by atoms with Crippen LogP contribution in [0.4, 0.5) is 5.69 Å². The number of ether oxygens (including phenoxy) is 1. The standard InChI is InChI=1S/C19H19ClN2O3/c1-25-16-9-5-4-8-15(16)22-18(24)19(10-11-19)17(23)21-12-13-6-2-3-7-14(13)20/h2-9H,10-12H2,1H3,(H,21,23)(H,22,24). The minimum Gasteiger partial charge on any atom is -0.495 e. The lowest BCUT2D eigenvalue weighted by atomic mass is 10.0. The van der Waals surface area contributed by atoms with E-state index in [1.54, 1.807) is 24.3 Å². The van der Waals surface area contributed by atoms with Crippen molar-refractivity contribution in [3.63, 3.8) is 0 Å². The van der Waals surface area contributed by atoms with Crippen molar-refractivity contribution >= 4 is 29.1 Å². The second-order valence-corrected chi connectivity index (χ2v) is 6.42. The van der Waals surface area contributed by atoms with Gasteiger partial charge in [-0.3, -0.25) is 9.59 Å². The molecule has 0 aliphatic heterocycles. The van der Waals surface area contributed by atoms with Gasteiger partial charge in [0.15, 0.2) is 0 Å². The Hall–Kier alpha value is -2.53. The number of carbonyl (C=O) groups excluding carboxylic acids is 2. The third kappa shape index (κ3) is 3.61. The Morgan fingerprint density at radius 2 is 1.76 bits per heavy atom. The third-order valence-electron chi connectivity index (χ3n) is 4.37. The van der Waals surface area contributed by atoms with Crippen molar-refractivity contribution in [2.45, 2.75) is 19.4 Å². The lowest BCUT2D eigenvalue weighted by Gasteiger charge is -2.17. The van der Waals surface area contributed by atoms with Gasteiger partial charge in [0.05, 0.1) is 12.8 Å². The first-order valence-corrected chi connectivity index (χ1v) is 8.41. The van der Waals surface area contributed by atoms with Crippen molar-refractivity contribution in [3.8, 4) is 5.75 Å². The maximum atomic E-state index is 12.6. The van der Waals surface area contributed by atoms with Gasteiger partial charge in [0, 0.05) is 11.6 Å². The molecule has 5 nitrogen and oxygen atoms in total. The molecule has 0 saturated heterocycles. The lowest BCUT2D eigenvalue weighted by molar-refractivity contribution is -0.134. The van der Waals surface area contributed by atoms with E-state index in [4.69, 9.17) is 16.3 Å². The molecule has 0 atom stereocenters. The number of carbonyl (C=O) groups is 2. The maximum Gasteiger partial charge on any atom is 0.240 e. The summed E-state index contributed by atoms with van der Waals surface area (Å²) in [6.45, 7) is 0.294. The summed E-state index contributed by atoms with van der Waals surface area (Å²) in [6, 6.07) is 14.4. The summed E-state index contributed by atoms with van der Waals surface area (Å²) < 4.78 is 5.23. The number of hydrogen-bond donors (Lipinski definition) is 2. The van der Waals surface area contributed by atoms with Crippen LogP contribution in [0.15, 0.2) is 48.5 Å². The van der Waals surface area contributed by atoms with E-state index in [1.165, 1.54) is 7.11 Å². The van der Waals surface area contributed by atoms with Crippen LogP contribution in [0.5, 0.6) is 5.75 Å². The van der Waals surface area contributed by atoms with Gasteiger partial charge in [-0.25, -0.2) is 0 Å². The molecule has 2 aromatic carbocycles. The zero-order valence-corrected chi connectivity index (χ0v) is 14.6. The first-order chi connectivity index (χ1) is 12.1. The second-order valence-electron chi connectivity index (χ2n) is 6.01. The molecule has 0 aromatic heterocycles. The van der Waals surface area contributed by atoms with E-state index in [9.17, 15) is 9.59 Å². The summed E-state index contributed by atoms with van der Waals surface area (Å²) in [5.74, 6) is -0.0309. The first-order valence-electron chi connectivity index (χ1n) is 8.03.